The van der Waals surface area contributed by atoms with Crippen LogP contribution in [0.5, 0.6) is 0 Å². The molecular weight excluding hydrogens is 264 g/mol. The van der Waals surface area contributed by atoms with Gasteiger partial charge in [-0.05, 0) is 35.9 Å². The van der Waals surface area contributed by atoms with Crippen LogP contribution in [0.1, 0.15) is 16.7 Å². The van der Waals surface area contributed by atoms with Gasteiger partial charge >= 0.3 is 0 Å². The summed E-state index contributed by atoms with van der Waals surface area (Å²) in [5.41, 5.74) is 8.07. The number of nitriles is 2. The van der Waals surface area contributed by atoms with Crippen molar-refractivity contribution in [3.05, 3.63) is 59.2 Å². The summed E-state index contributed by atoms with van der Waals surface area (Å²) in [6.45, 7) is 0. The summed E-state index contributed by atoms with van der Waals surface area (Å²) in [7, 11) is 0. The first kappa shape index (κ1) is 14.1. The van der Waals surface area contributed by atoms with Crippen molar-refractivity contribution in [3.63, 3.8) is 0 Å². The van der Waals surface area contributed by atoms with Gasteiger partial charge in [-0.1, -0.05) is 12.1 Å². The van der Waals surface area contributed by atoms with Gasteiger partial charge in [0, 0.05) is 11.4 Å². The zero-order valence-corrected chi connectivity index (χ0v) is 11.1. The molecule has 1 amide bonds. The fourth-order valence-electron chi connectivity index (χ4n) is 1.91. The monoisotopic (exact) mass is 276 g/mol. The summed E-state index contributed by atoms with van der Waals surface area (Å²) in [6, 6.07) is 15.5. The third-order valence-electron chi connectivity index (χ3n) is 2.86. The topological polar surface area (TPSA) is 103 Å². The summed E-state index contributed by atoms with van der Waals surface area (Å²) in [5, 5.41) is 20.5. The van der Waals surface area contributed by atoms with E-state index >= 15 is 0 Å². The largest absolute Gasteiger partial charge is 0.399 e. The van der Waals surface area contributed by atoms with Crippen molar-refractivity contribution in [1.82, 2.24) is 0 Å². The first-order valence-corrected chi connectivity index (χ1v) is 6.21. The molecule has 0 spiro atoms. The van der Waals surface area contributed by atoms with Gasteiger partial charge in [0.1, 0.15) is 12.1 Å². The van der Waals surface area contributed by atoms with E-state index in [9.17, 15) is 4.79 Å². The van der Waals surface area contributed by atoms with Crippen LogP contribution in [0.2, 0.25) is 0 Å². The molecule has 102 valence electrons. The fraction of sp³-hybridized carbons (Fsp3) is 0.0625. The molecule has 0 aromatic heterocycles. The molecule has 0 bridgehead atoms. The Balaban J connectivity index is 2.10. The van der Waals surface area contributed by atoms with E-state index in [0.29, 0.717) is 11.4 Å². The molecule has 0 aliphatic heterocycles. The average Bonchev–Trinajstić information content (AvgIpc) is 2.47. The zero-order chi connectivity index (χ0) is 15.2. The number of carbonyl (C=O) groups is 1. The second kappa shape index (κ2) is 6.23. The second-order valence-corrected chi connectivity index (χ2v) is 4.45. The minimum Gasteiger partial charge on any atom is -0.399 e. The summed E-state index contributed by atoms with van der Waals surface area (Å²) >= 11 is 0. The number of carbonyl (C=O) groups excluding carboxylic acids is 1. The molecule has 21 heavy (non-hydrogen) atoms. The van der Waals surface area contributed by atoms with E-state index in [2.05, 4.69) is 5.32 Å². The van der Waals surface area contributed by atoms with E-state index in [1.54, 1.807) is 24.3 Å². The maximum Gasteiger partial charge on any atom is 0.228 e. The Hall–Kier alpha value is -3.31. The van der Waals surface area contributed by atoms with Crippen LogP contribution in [0.3, 0.4) is 0 Å². The van der Waals surface area contributed by atoms with Crippen molar-refractivity contribution in [2.24, 2.45) is 0 Å². The Labute approximate surface area is 122 Å². The van der Waals surface area contributed by atoms with Crippen LogP contribution < -0.4 is 11.1 Å². The lowest BCUT2D eigenvalue weighted by Gasteiger charge is -2.06. The van der Waals surface area contributed by atoms with Gasteiger partial charge in [0.05, 0.1) is 17.5 Å². The Bertz CT molecular complexity index is 769. The number of nitrogens with zero attached hydrogens (tertiary/aromatic N) is 2. The van der Waals surface area contributed by atoms with E-state index in [-0.39, 0.29) is 23.5 Å². The van der Waals surface area contributed by atoms with Crippen LogP contribution in [0, 0.1) is 22.7 Å². The maximum absolute atomic E-state index is 11.9. The molecular formula is C16H12N4O. The van der Waals surface area contributed by atoms with Gasteiger partial charge in [-0.3, -0.25) is 4.79 Å². The third kappa shape index (κ3) is 3.59. The number of amides is 1. The lowest BCUT2D eigenvalue weighted by Crippen LogP contribution is -2.14. The number of nitrogens with two attached hydrogens (primary N) is 1. The fourth-order valence-corrected chi connectivity index (χ4v) is 1.91. The minimum atomic E-state index is -0.214. The first-order chi connectivity index (χ1) is 10.1. The number of rotatable bonds is 3. The van der Waals surface area contributed by atoms with Crippen molar-refractivity contribution in [2.75, 3.05) is 11.1 Å². The Kier molecular flexibility index (Phi) is 4.18. The van der Waals surface area contributed by atoms with Gasteiger partial charge in [-0.15, -0.1) is 0 Å². The lowest BCUT2D eigenvalue weighted by atomic mass is 10.1. The van der Waals surface area contributed by atoms with Crippen LogP contribution >= 0.6 is 0 Å². The molecule has 0 aliphatic carbocycles. The third-order valence-corrected chi connectivity index (χ3v) is 2.86. The van der Waals surface area contributed by atoms with Crippen molar-refractivity contribution in [3.8, 4) is 12.1 Å². The van der Waals surface area contributed by atoms with E-state index in [1.807, 2.05) is 18.2 Å². The number of hydrogen-bond acceptors (Lipinski definition) is 4. The number of anilines is 2. The van der Waals surface area contributed by atoms with Crippen molar-refractivity contribution < 1.29 is 4.79 Å². The molecule has 0 aliphatic rings. The lowest BCUT2D eigenvalue weighted by molar-refractivity contribution is -0.115. The summed E-state index contributed by atoms with van der Waals surface area (Å²) in [4.78, 5) is 11.9. The van der Waals surface area contributed by atoms with Crippen LogP contribution in [-0.2, 0) is 11.2 Å². The summed E-state index contributed by atoms with van der Waals surface area (Å²) in [6.07, 6.45) is 0.187. The first-order valence-electron chi connectivity index (χ1n) is 6.21. The van der Waals surface area contributed by atoms with Crippen LogP contribution in [0.4, 0.5) is 11.4 Å². The molecule has 0 saturated carbocycles. The van der Waals surface area contributed by atoms with Crippen molar-refractivity contribution >= 4 is 17.3 Å². The zero-order valence-electron chi connectivity index (χ0n) is 11.1. The molecule has 2 aromatic rings. The predicted octanol–water partition coefficient (Wildman–Crippen LogP) is 2.19. The Morgan fingerprint density at radius 2 is 1.86 bits per heavy atom. The highest BCUT2D eigenvalue weighted by Crippen LogP contribution is 2.15. The standard InChI is InChI=1S/C16H12N4O/c17-9-12-4-5-15(8-13(12)10-18)20-16(21)7-11-2-1-3-14(19)6-11/h1-6,8H,7,19H2,(H,20,21). The number of nitrogen functional groups attached to an aromatic ring is 1. The van der Waals surface area contributed by atoms with Crippen molar-refractivity contribution in [2.45, 2.75) is 6.42 Å². The van der Waals surface area contributed by atoms with Gasteiger partial charge < -0.3 is 11.1 Å². The molecule has 0 heterocycles. The van der Waals surface area contributed by atoms with E-state index < -0.39 is 0 Å². The molecule has 0 unspecified atom stereocenters. The SMILES string of the molecule is N#Cc1ccc(NC(=O)Cc2cccc(N)c2)cc1C#N. The number of benzene rings is 2. The molecule has 0 radical (unpaired) electrons. The van der Waals surface area contributed by atoms with Gasteiger partial charge in [0.15, 0.2) is 0 Å². The minimum absolute atomic E-state index is 0.187. The highest BCUT2D eigenvalue weighted by Gasteiger charge is 2.07. The van der Waals surface area contributed by atoms with Gasteiger partial charge in [0.2, 0.25) is 5.91 Å². The second-order valence-electron chi connectivity index (χ2n) is 4.45. The molecule has 2 aromatic carbocycles. The Morgan fingerprint density at radius 1 is 1.10 bits per heavy atom. The van der Waals surface area contributed by atoms with Crippen LogP contribution in [0.15, 0.2) is 42.5 Å². The smallest absolute Gasteiger partial charge is 0.228 e. The molecule has 2 rings (SSSR count). The van der Waals surface area contributed by atoms with Crippen LogP contribution in [-0.4, -0.2) is 5.91 Å². The number of nitrogens with one attached hydrogen (secondary N) is 1. The average molecular weight is 276 g/mol. The Morgan fingerprint density at radius 3 is 2.52 bits per heavy atom. The van der Waals surface area contributed by atoms with Gasteiger partial charge in [-0.2, -0.15) is 10.5 Å². The predicted molar refractivity (Wildman–Crippen MR) is 79.1 cm³/mol. The molecule has 0 saturated heterocycles. The normalized spacial score (nSPS) is 9.43. The quantitative estimate of drug-likeness (QED) is 0.838. The molecule has 5 nitrogen and oxygen atoms in total. The highest BCUT2D eigenvalue weighted by molar-refractivity contribution is 5.92. The maximum atomic E-state index is 11.9. The van der Waals surface area contributed by atoms with Crippen molar-refractivity contribution in [1.29, 1.82) is 10.5 Å². The molecule has 3 N–H and O–H groups in total. The van der Waals surface area contributed by atoms with E-state index in [1.165, 1.54) is 12.1 Å². The summed E-state index contributed by atoms with van der Waals surface area (Å²) < 4.78 is 0. The van der Waals surface area contributed by atoms with Crippen LogP contribution in [0.25, 0.3) is 0 Å². The van der Waals surface area contributed by atoms with E-state index in [4.69, 9.17) is 16.3 Å². The van der Waals surface area contributed by atoms with Gasteiger partial charge in [0.25, 0.3) is 0 Å². The van der Waals surface area contributed by atoms with Gasteiger partial charge in [-0.25, -0.2) is 0 Å². The number of hydrogen-bond donors (Lipinski definition) is 2. The van der Waals surface area contributed by atoms with E-state index in [0.717, 1.165) is 5.56 Å². The molecule has 5 heteroatoms. The molecule has 0 fully saturated rings. The molecule has 0 atom stereocenters. The highest BCUT2D eigenvalue weighted by atomic mass is 16.1. The summed E-state index contributed by atoms with van der Waals surface area (Å²) in [5.74, 6) is -0.214.